The number of fused-ring (bicyclic) bond motifs is 1. The number of nitrogens with zero attached hydrogens (tertiary/aromatic N) is 4. The third-order valence-electron chi connectivity index (χ3n) is 7.07. The first-order chi connectivity index (χ1) is 19.3. The molecule has 2 aromatic carbocycles. The van der Waals surface area contributed by atoms with E-state index in [1.165, 1.54) is 16.2 Å². The molecule has 0 saturated carbocycles. The minimum Gasteiger partial charge on any atom is -0.493 e. The number of hydrogen-bond acceptors (Lipinski definition) is 6. The molecular formula is C30H35ClN4O4S. The minimum atomic E-state index is -0.716. The molecule has 0 unspecified atom stereocenters. The van der Waals surface area contributed by atoms with Crippen molar-refractivity contribution in [2.24, 2.45) is 0 Å². The number of ether oxygens (including phenoxy) is 1. The first kappa shape index (κ1) is 29.6. The van der Waals surface area contributed by atoms with Crippen LogP contribution in [0.3, 0.4) is 0 Å². The second kappa shape index (κ2) is 14.3. The molecule has 40 heavy (non-hydrogen) atoms. The van der Waals surface area contributed by atoms with Gasteiger partial charge in [0.1, 0.15) is 16.7 Å². The third kappa shape index (κ3) is 7.61. The van der Waals surface area contributed by atoms with Crippen LogP contribution in [-0.4, -0.2) is 83.8 Å². The fraction of sp³-hybridized carbons (Fsp3) is 0.400. The molecule has 0 saturated heterocycles. The molecular weight excluding hydrogens is 548 g/mol. The summed E-state index contributed by atoms with van der Waals surface area (Å²) >= 11 is 7.62. The van der Waals surface area contributed by atoms with E-state index in [2.05, 4.69) is 4.98 Å². The molecule has 1 aliphatic heterocycles. The van der Waals surface area contributed by atoms with Crippen molar-refractivity contribution in [1.82, 2.24) is 19.7 Å². The molecule has 0 radical (unpaired) electrons. The molecule has 3 aromatic rings. The van der Waals surface area contributed by atoms with Crippen LogP contribution in [0.4, 0.5) is 0 Å². The highest BCUT2D eigenvalue weighted by Crippen LogP contribution is 2.26. The molecule has 1 aliphatic rings. The van der Waals surface area contributed by atoms with Crippen molar-refractivity contribution in [2.45, 2.75) is 38.1 Å². The van der Waals surface area contributed by atoms with Gasteiger partial charge in [-0.3, -0.25) is 19.4 Å². The molecule has 8 nitrogen and oxygen atoms in total. The standard InChI is InChI=1S/C30H35ClN4O4S/c1-33-14-6-7-15-35(30(38)27-20-32-21-40-27)16-8-9-17-39-26-13-12-23(31)19-24(26)28(36)34(2)25(29(33)37)18-22-10-4-3-5-11-22/h3-5,10-13,19-21,25H,6-9,14-18H2,1-2H3/t25-/m0/s1. The first-order valence-corrected chi connectivity index (χ1v) is 14.8. The Morgan fingerprint density at radius 1 is 1.02 bits per heavy atom. The molecule has 10 heteroatoms. The van der Waals surface area contributed by atoms with Crippen LogP contribution in [0.25, 0.3) is 0 Å². The third-order valence-corrected chi connectivity index (χ3v) is 8.07. The maximum absolute atomic E-state index is 13.8. The van der Waals surface area contributed by atoms with Gasteiger partial charge in [0, 0.05) is 45.2 Å². The summed E-state index contributed by atoms with van der Waals surface area (Å²) in [5, 5.41) is 0.412. The number of likely N-dealkylation sites (N-methyl/N-ethyl adjacent to an activating group) is 2. The van der Waals surface area contributed by atoms with E-state index in [-0.39, 0.29) is 17.7 Å². The number of rotatable bonds is 3. The van der Waals surface area contributed by atoms with Gasteiger partial charge in [0.2, 0.25) is 5.91 Å². The lowest BCUT2D eigenvalue weighted by Crippen LogP contribution is -2.49. The normalized spacial score (nSPS) is 18.2. The lowest BCUT2D eigenvalue weighted by molar-refractivity contribution is -0.134. The summed E-state index contributed by atoms with van der Waals surface area (Å²) in [7, 11) is 3.42. The van der Waals surface area contributed by atoms with Gasteiger partial charge in [-0.2, -0.15) is 0 Å². The van der Waals surface area contributed by atoms with Crippen molar-refractivity contribution in [3.63, 3.8) is 0 Å². The highest BCUT2D eigenvalue weighted by molar-refractivity contribution is 7.11. The fourth-order valence-electron chi connectivity index (χ4n) is 4.75. The molecule has 0 aliphatic carbocycles. The van der Waals surface area contributed by atoms with E-state index < -0.39 is 6.04 Å². The molecule has 212 valence electrons. The average Bonchev–Trinajstić information content (AvgIpc) is 3.51. The van der Waals surface area contributed by atoms with Crippen molar-refractivity contribution < 1.29 is 19.1 Å². The zero-order valence-corrected chi connectivity index (χ0v) is 24.5. The van der Waals surface area contributed by atoms with Crippen molar-refractivity contribution in [2.75, 3.05) is 40.3 Å². The van der Waals surface area contributed by atoms with Gasteiger partial charge in [-0.15, -0.1) is 11.3 Å². The number of carbonyl (C=O) groups is 3. The summed E-state index contributed by atoms with van der Waals surface area (Å²) in [6.07, 6.45) is 4.91. The van der Waals surface area contributed by atoms with Gasteiger partial charge in [-0.05, 0) is 49.4 Å². The zero-order valence-electron chi connectivity index (χ0n) is 22.9. The number of carbonyl (C=O) groups excluding carboxylic acids is 3. The van der Waals surface area contributed by atoms with Crippen LogP contribution >= 0.6 is 22.9 Å². The maximum Gasteiger partial charge on any atom is 0.265 e. The second-order valence-corrected chi connectivity index (χ2v) is 11.3. The Hall–Kier alpha value is -3.43. The van der Waals surface area contributed by atoms with Crippen LogP contribution < -0.4 is 4.74 Å². The summed E-state index contributed by atoms with van der Waals surface area (Å²) in [4.78, 5) is 50.4. The summed E-state index contributed by atoms with van der Waals surface area (Å²) in [6.45, 7) is 2.07. The summed E-state index contributed by atoms with van der Waals surface area (Å²) < 4.78 is 6.04. The monoisotopic (exact) mass is 582 g/mol. The summed E-state index contributed by atoms with van der Waals surface area (Å²) in [6, 6.07) is 13.9. The molecule has 1 atom stereocenters. The number of benzene rings is 2. The molecule has 0 fully saturated rings. The number of amides is 3. The zero-order chi connectivity index (χ0) is 28.5. The molecule has 0 spiro atoms. The minimum absolute atomic E-state index is 0.0269. The van der Waals surface area contributed by atoms with Gasteiger partial charge in [-0.25, -0.2) is 0 Å². The van der Waals surface area contributed by atoms with Crippen LogP contribution in [0.2, 0.25) is 5.02 Å². The number of aromatic nitrogens is 1. The highest BCUT2D eigenvalue weighted by Gasteiger charge is 2.31. The fourth-order valence-corrected chi connectivity index (χ4v) is 5.51. The van der Waals surface area contributed by atoms with Crippen LogP contribution in [0.1, 0.15) is 51.3 Å². The Morgan fingerprint density at radius 2 is 1.75 bits per heavy atom. The van der Waals surface area contributed by atoms with E-state index in [0.29, 0.717) is 60.3 Å². The number of halogens is 1. The van der Waals surface area contributed by atoms with E-state index in [0.717, 1.165) is 24.8 Å². The SMILES string of the molecule is CN1CCCCN(C(=O)c2cncs2)CCCCOc2ccc(Cl)cc2C(=O)N(C)[C@@H](Cc2ccccc2)C1=O. The summed E-state index contributed by atoms with van der Waals surface area (Å²) in [5.74, 6) is -0.0831. The quantitative estimate of drug-likeness (QED) is 0.432. The molecule has 1 aromatic heterocycles. The average molecular weight is 583 g/mol. The van der Waals surface area contributed by atoms with Crippen LogP contribution in [0.5, 0.6) is 5.75 Å². The first-order valence-electron chi connectivity index (χ1n) is 13.5. The Labute approximate surface area is 244 Å². The van der Waals surface area contributed by atoms with Crippen molar-refractivity contribution in [3.8, 4) is 5.75 Å². The Balaban J connectivity index is 1.60. The Morgan fingerprint density at radius 3 is 2.48 bits per heavy atom. The van der Waals surface area contributed by atoms with Gasteiger partial charge in [-0.1, -0.05) is 41.9 Å². The molecule has 3 amide bonds. The number of thiazole rings is 1. The lowest BCUT2D eigenvalue weighted by Gasteiger charge is -2.31. The summed E-state index contributed by atoms with van der Waals surface area (Å²) in [5.41, 5.74) is 2.93. The maximum atomic E-state index is 13.8. The molecule has 4 rings (SSSR count). The van der Waals surface area contributed by atoms with E-state index in [4.69, 9.17) is 16.3 Å². The lowest BCUT2D eigenvalue weighted by atomic mass is 10.0. The van der Waals surface area contributed by atoms with E-state index >= 15 is 0 Å². The van der Waals surface area contributed by atoms with Gasteiger partial charge in [0.05, 0.1) is 23.9 Å². The Kier molecular flexibility index (Phi) is 10.5. The Bertz CT molecular complexity index is 1290. The predicted octanol–water partition coefficient (Wildman–Crippen LogP) is 5.03. The van der Waals surface area contributed by atoms with Crippen molar-refractivity contribution in [3.05, 3.63) is 81.3 Å². The van der Waals surface area contributed by atoms with E-state index in [1.54, 1.807) is 48.9 Å². The van der Waals surface area contributed by atoms with Gasteiger partial charge in [0.25, 0.3) is 11.8 Å². The van der Waals surface area contributed by atoms with Gasteiger partial charge >= 0.3 is 0 Å². The van der Waals surface area contributed by atoms with Crippen LogP contribution in [-0.2, 0) is 11.2 Å². The van der Waals surface area contributed by atoms with Crippen LogP contribution in [0.15, 0.2) is 60.2 Å². The topological polar surface area (TPSA) is 83.1 Å². The smallest absolute Gasteiger partial charge is 0.265 e. The second-order valence-electron chi connectivity index (χ2n) is 9.94. The van der Waals surface area contributed by atoms with Gasteiger partial charge in [0.15, 0.2) is 0 Å². The van der Waals surface area contributed by atoms with Crippen molar-refractivity contribution in [1.29, 1.82) is 0 Å². The highest BCUT2D eigenvalue weighted by atomic mass is 35.5. The molecule has 2 heterocycles. The van der Waals surface area contributed by atoms with Crippen LogP contribution in [0, 0.1) is 0 Å². The van der Waals surface area contributed by atoms with Gasteiger partial charge < -0.3 is 19.4 Å². The van der Waals surface area contributed by atoms with E-state index in [9.17, 15) is 14.4 Å². The van der Waals surface area contributed by atoms with E-state index in [1.807, 2.05) is 35.2 Å². The largest absolute Gasteiger partial charge is 0.493 e. The van der Waals surface area contributed by atoms with Crippen molar-refractivity contribution >= 4 is 40.7 Å². The predicted molar refractivity (Wildman–Crippen MR) is 157 cm³/mol. The molecule has 0 bridgehead atoms. The number of hydrogen-bond donors (Lipinski definition) is 0. The molecule has 0 N–H and O–H groups in total.